The molecule has 2 aliphatic rings. The van der Waals surface area contributed by atoms with E-state index in [0.29, 0.717) is 11.1 Å². The second-order valence-corrected chi connectivity index (χ2v) is 10.8. The maximum Gasteiger partial charge on any atom is 0.334 e. The number of urea groups is 1. The number of nitrogens with two attached hydrogens (primary N) is 1. The predicted molar refractivity (Wildman–Crippen MR) is 160 cm³/mol. The van der Waals surface area contributed by atoms with Gasteiger partial charge in [0.1, 0.15) is 23.7 Å². The lowest BCUT2D eigenvalue weighted by atomic mass is 9.98. The first-order valence-electron chi connectivity index (χ1n) is 14.4. The van der Waals surface area contributed by atoms with Crippen molar-refractivity contribution in [2.45, 2.75) is 38.1 Å². The lowest BCUT2D eigenvalue weighted by molar-refractivity contribution is -0.191. The van der Waals surface area contributed by atoms with E-state index in [4.69, 9.17) is 5.84 Å². The summed E-state index contributed by atoms with van der Waals surface area (Å²) in [6.45, 7) is -0.347. The van der Waals surface area contributed by atoms with Crippen molar-refractivity contribution in [1.29, 1.82) is 0 Å². The van der Waals surface area contributed by atoms with Gasteiger partial charge >= 0.3 is 6.03 Å². The maximum atomic E-state index is 14.1. The molecule has 2 atom stereocenters. The summed E-state index contributed by atoms with van der Waals surface area (Å²) in [4.78, 5) is 44.7. The SMILES string of the molecule is NNc1cc(CN2C[C@H]3N(C(=O)CN(CCCF)N3C(=O)NCc3ccccc3)[C@@H](Cc3ccc(O)cc3)C2=O)ccc1O. The molecule has 0 aromatic heterocycles. The Morgan fingerprint density at radius 1 is 0.977 bits per heavy atom. The number of alkyl halides is 1. The molecule has 6 N–H and O–H groups in total. The fourth-order valence-electron chi connectivity index (χ4n) is 5.70. The van der Waals surface area contributed by atoms with E-state index in [2.05, 4.69) is 10.7 Å². The summed E-state index contributed by atoms with van der Waals surface area (Å²) in [6, 6.07) is 19.1. The predicted octanol–water partition coefficient (Wildman–Crippen LogP) is 2.29. The quantitative estimate of drug-likeness (QED) is 0.134. The number of anilines is 1. The zero-order valence-corrected chi connectivity index (χ0v) is 24.1. The van der Waals surface area contributed by atoms with Gasteiger partial charge in [0.05, 0.1) is 25.5 Å². The van der Waals surface area contributed by atoms with Crippen LogP contribution in [-0.4, -0.2) is 86.4 Å². The van der Waals surface area contributed by atoms with Crippen molar-refractivity contribution in [3.63, 3.8) is 0 Å². The van der Waals surface area contributed by atoms with Crippen LogP contribution in [0.3, 0.4) is 0 Å². The van der Waals surface area contributed by atoms with E-state index in [1.807, 2.05) is 30.3 Å². The van der Waals surface area contributed by atoms with Gasteiger partial charge in [0.15, 0.2) is 0 Å². The third-order valence-corrected chi connectivity index (χ3v) is 7.83. The molecule has 2 fully saturated rings. The highest BCUT2D eigenvalue weighted by molar-refractivity contribution is 5.91. The molecule has 0 saturated carbocycles. The number of benzene rings is 3. The fourth-order valence-corrected chi connectivity index (χ4v) is 5.70. The van der Waals surface area contributed by atoms with Gasteiger partial charge in [-0.25, -0.2) is 14.8 Å². The van der Waals surface area contributed by atoms with Gasteiger partial charge in [-0.3, -0.25) is 19.8 Å². The largest absolute Gasteiger partial charge is 0.508 e. The van der Waals surface area contributed by atoms with Crippen molar-refractivity contribution >= 4 is 23.5 Å². The van der Waals surface area contributed by atoms with Gasteiger partial charge in [-0.15, -0.1) is 0 Å². The number of nitrogens with one attached hydrogen (secondary N) is 2. The molecular formula is C31H36FN7O5. The minimum Gasteiger partial charge on any atom is -0.508 e. The van der Waals surface area contributed by atoms with Crippen molar-refractivity contribution in [3.05, 3.63) is 89.5 Å². The number of nitrogen functional groups attached to an aromatic ring is 1. The molecule has 0 bridgehead atoms. The Kier molecular flexibility index (Phi) is 9.46. The van der Waals surface area contributed by atoms with Crippen LogP contribution in [0.25, 0.3) is 0 Å². The number of carbonyl (C=O) groups excluding carboxylic acids is 3. The van der Waals surface area contributed by atoms with E-state index in [9.17, 15) is 29.0 Å². The average Bonchev–Trinajstić information content (AvgIpc) is 3.03. The summed E-state index contributed by atoms with van der Waals surface area (Å²) in [5.74, 6) is 4.89. The van der Waals surface area contributed by atoms with Crippen molar-refractivity contribution in [2.75, 3.05) is 31.7 Å². The Balaban J connectivity index is 1.50. The number of hydrogen-bond donors (Lipinski definition) is 5. The molecule has 0 radical (unpaired) electrons. The Morgan fingerprint density at radius 2 is 1.70 bits per heavy atom. The van der Waals surface area contributed by atoms with Crippen molar-refractivity contribution < 1.29 is 29.0 Å². The van der Waals surface area contributed by atoms with Gasteiger partial charge in [0, 0.05) is 26.1 Å². The van der Waals surface area contributed by atoms with E-state index in [-0.39, 0.29) is 74.6 Å². The standard InChI is InChI=1S/C31H36FN7O5/c32-13-4-14-37-20-29(42)38-26(16-21-7-10-24(40)11-8-21)30(43)36(18-23-9-12-27(41)25(15-23)35-33)19-28(38)39(37)31(44)34-17-22-5-2-1-3-6-22/h1-3,5-12,15,26,28,35,40-41H,4,13-14,16-20,33H2,(H,34,44)/t26-,28-/m0/s1. The van der Waals surface area contributed by atoms with Gasteiger partial charge in [0.25, 0.3) is 0 Å². The van der Waals surface area contributed by atoms with Crippen LogP contribution >= 0.6 is 0 Å². The van der Waals surface area contributed by atoms with E-state index in [0.717, 1.165) is 5.56 Å². The monoisotopic (exact) mass is 605 g/mol. The van der Waals surface area contributed by atoms with Crippen molar-refractivity contribution in [1.82, 2.24) is 25.1 Å². The zero-order chi connectivity index (χ0) is 31.2. The Morgan fingerprint density at radius 3 is 2.41 bits per heavy atom. The summed E-state index contributed by atoms with van der Waals surface area (Å²) < 4.78 is 13.3. The second-order valence-electron chi connectivity index (χ2n) is 10.8. The molecular weight excluding hydrogens is 569 g/mol. The summed E-state index contributed by atoms with van der Waals surface area (Å²) >= 11 is 0. The summed E-state index contributed by atoms with van der Waals surface area (Å²) in [6.07, 6.45) is -0.618. The molecule has 3 aromatic carbocycles. The number of phenols is 2. The molecule has 2 aliphatic heterocycles. The van der Waals surface area contributed by atoms with Crippen LogP contribution in [-0.2, 0) is 29.1 Å². The lowest BCUT2D eigenvalue weighted by Crippen LogP contribution is -2.76. The van der Waals surface area contributed by atoms with Crippen LogP contribution in [0.5, 0.6) is 11.5 Å². The van der Waals surface area contributed by atoms with E-state index in [1.165, 1.54) is 28.1 Å². The molecule has 2 heterocycles. The topological polar surface area (TPSA) is 155 Å². The number of carbonyl (C=O) groups is 3. The van der Waals surface area contributed by atoms with Crippen molar-refractivity contribution in [2.24, 2.45) is 5.84 Å². The first-order valence-corrected chi connectivity index (χ1v) is 14.4. The number of hydrazine groups is 2. The number of fused-ring (bicyclic) bond motifs is 1. The molecule has 5 rings (SSSR count). The summed E-state index contributed by atoms with van der Waals surface area (Å²) in [5.41, 5.74) is 4.97. The number of aromatic hydroxyl groups is 2. The highest BCUT2D eigenvalue weighted by atomic mass is 19.1. The number of hydrogen-bond acceptors (Lipinski definition) is 8. The third-order valence-electron chi connectivity index (χ3n) is 7.83. The molecule has 2 saturated heterocycles. The summed E-state index contributed by atoms with van der Waals surface area (Å²) in [5, 5.41) is 25.8. The number of nitrogens with zero attached hydrogens (tertiary/aromatic N) is 4. The normalized spacial score (nSPS) is 18.7. The minimum absolute atomic E-state index is 0.00615. The Bertz CT molecular complexity index is 1480. The molecule has 0 aliphatic carbocycles. The number of amides is 4. The van der Waals surface area contributed by atoms with Crippen LogP contribution in [0.1, 0.15) is 23.1 Å². The Hall–Kier alpha value is -4.88. The molecule has 3 aromatic rings. The van der Waals surface area contributed by atoms with Gasteiger partial charge in [0.2, 0.25) is 11.8 Å². The van der Waals surface area contributed by atoms with E-state index >= 15 is 0 Å². The first-order chi connectivity index (χ1) is 21.3. The zero-order valence-electron chi connectivity index (χ0n) is 24.1. The number of piperazine rings is 1. The number of halogens is 1. The van der Waals surface area contributed by atoms with Crippen LogP contribution in [0.2, 0.25) is 0 Å². The third kappa shape index (κ3) is 6.68. The summed E-state index contributed by atoms with van der Waals surface area (Å²) in [7, 11) is 0. The molecule has 4 amide bonds. The minimum atomic E-state index is -0.956. The van der Waals surface area contributed by atoms with E-state index < -0.39 is 24.9 Å². The van der Waals surface area contributed by atoms with Gasteiger partial charge < -0.3 is 30.8 Å². The number of rotatable bonds is 10. The number of phenolic OH excluding ortho intramolecular Hbond substituents is 2. The Labute approximate surface area is 254 Å². The van der Waals surface area contributed by atoms with Crippen molar-refractivity contribution in [3.8, 4) is 11.5 Å². The molecule has 0 unspecified atom stereocenters. The highest BCUT2D eigenvalue weighted by Gasteiger charge is 2.51. The van der Waals surface area contributed by atoms with Gasteiger partial charge in [-0.2, -0.15) is 0 Å². The van der Waals surface area contributed by atoms with E-state index in [1.54, 1.807) is 34.2 Å². The van der Waals surface area contributed by atoms with Crippen LogP contribution < -0.4 is 16.6 Å². The van der Waals surface area contributed by atoms with Crippen LogP contribution in [0.4, 0.5) is 14.9 Å². The fraction of sp³-hybridized carbons (Fsp3) is 0.323. The van der Waals surface area contributed by atoms with Gasteiger partial charge in [-0.05, 0) is 47.4 Å². The molecule has 232 valence electrons. The second kappa shape index (κ2) is 13.6. The molecule has 44 heavy (non-hydrogen) atoms. The smallest absolute Gasteiger partial charge is 0.334 e. The maximum absolute atomic E-state index is 14.1. The first kappa shape index (κ1) is 30.6. The highest BCUT2D eigenvalue weighted by Crippen LogP contribution is 2.31. The van der Waals surface area contributed by atoms with Crippen LogP contribution in [0, 0.1) is 0 Å². The van der Waals surface area contributed by atoms with Crippen LogP contribution in [0.15, 0.2) is 72.8 Å². The molecule has 12 nitrogen and oxygen atoms in total. The average molecular weight is 606 g/mol. The van der Waals surface area contributed by atoms with Gasteiger partial charge in [-0.1, -0.05) is 48.5 Å². The molecule has 0 spiro atoms. The molecule has 13 heteroatoms. The lowest BCUT2D eigenvalue weighted by Gasteiger charge is -2.55.